The molecule has 0 aromatic heterocycles. The van der Waals surface area contributed by atoms with Crippen molar-refractivity contribution in [3.05, 3.63) is 34.9 Å². The van der Waals surface area contributed by atoms with Crippen LogP contribution in [0.3, 0.4) is 0 Å². The monoisotopic (exact) mass is 306 g/mol. The number of aryl methyl sites for hydroxylation is 1. The molecule has 5 nitrogen and oxygen atoms in total. The number of carbonyl (C=O) groups excluding carboxylic acids is 1. The topological polar surface area (TPSA) is 80.5 Å². The van der Waals surface area contributed by atoms with E-state index in [1.165, 1.54) is 0 Å². The standard InChI is InChI=1S/C15H18N2O3S/c1-12-4-5-14(13(11-12)3-2-6-16)15(18)17-7-9-21(19,20)10-8-17/h4-5,11H,6-10,16H2,1H3. The van der Waals surface area contributed by atoms with E-state index in [1.807, 2.05) is 19.1 Å². The smallest absolute Gasteiger partial charge is 0.255 e. The van der Waals surface area contributed by atoms with Gasteiger partial charge in [-0.3, -0.25) is 4.79 Å². The Morgan fingerprint density at radius 3 is 2.62 bits per heavy atom. The number of nitrogens with zero attached hydrogens (tertiary/aromatic N) is 1. The van der Waals surface area contributed by atoms with Gasteiger partial charge in [-0.1, -0.05) is 17.9 Å². The van der Waals surface area contributed by atoms with Gasteiger partial charge in [-0.25, -0.2) is 8.42 Å². The third kappa shape index (κ3) is 3.84. The fourth-order valence-electron chi connectivity index (χ4n) is 2.18. The predicted octanol–water partition coefficient (Wildman–Crippen LogP) is 0.176. The summed E-state index contributed by atoms with van der Waals surface area (Å²) in [6, 6.07) is 5.43. The van der Waals surface area contributed by atoms with Crippen molar-refractivity contribution in [3.8, 4) is 11.8 Å². The largest absolute Gasteiger partial charge is 0.337 e. The third-order valence-electron chi connectivity index (χ3n) is 3.36. The zero-order valence-corrected chi connectivity index (χ0v) is 12.7. The predicted molar refractivity (Wildman–Crippen MR) is 81.7 cm³/mol. The fraction of sp³-hybridized carbons (Fsp3) is 0.400. The fourth-order valence-corrected chi connectivity index (χ4v) is 3.38. The molecule has 0 bridgehead atoms. The molecule has 1 fully saturated rings. The van der Waals surface area contributed by atoms with Crippen molar-refractivity contribution in [3.63, 3.8) is 0 Å². The van der Waals surface area contributed by atoms with Crippen molar-refractivity contribution >= 4 is 15.7 Å². The van der Waals surface area contributed by atoms with Crippen LogP contribution >= 0.6 is 0 Å². The van der Waals surface area contributed by atoms with Crippen LogP contribution in [0.25, 0.3) is 0 Å². The number of benzene rings is 1. The van der Waals surface area contributed by atoms with E-state index >= 15 is 0 Å². The molecule has 112 valence electrons. The Kier molecular flexibility index (Phi) is 4.66. The SMILES string of the molecule is Cc1ccc(C(=O)N2CCS(=O)(=O)CC2)c(C#CCN)c1. The molecular formula is C15H18N2O3S. The van der Waals surface area contributed by atoms with Crippen LogP contribution in [-0.2, 0) is 9.84 Å². The molecule has 0 saturated carbocycles. The van der Waals surface area contributed by atoms with Gasteiger partial charge in [-0.15, -0.1) is 0 Å². The second-order valence-electron chi connectivity index (χ2n) is 5.00. The molecule has 1 aliphatic heterocycles. The molecule has 1 aromatic carbocycles. The summed E-state index contributed by atoms with van der Waals surface area (Å²) in [5.41, 5.74) is 7.52. The van der Waals surface area contributed by atoms with E-state index in [4.69, 9.17) is 5.73 Å². The number of hydrogen-bond donors (Lipinski definition) is 1. The Labute approximate surface area is 125 Å². The van der Waals surface area contributed by atoms with E-state index in [0.29, 0.717) is 11.1 Å². The van der Waals surface area contributed by atoms with Crippen molar-refractivity contribution < 1.29 is 13.2 Å². The maximum atomic E-state index is 12.5. The molecule has 2 N–H and O–H groups in total. The summed E-state index contributed by atoms with van der Waals surface area (Å²) >= 11 is 0. The van der Waals surface area contributed by atoms with E-state index in [9.17, 15) is 13.2 Å². The molecule has 0 aliphatic carbocycles. The minimum absolute atomic E-state index is 0.0222. The van der Waals surface area contributed by atoms with Gasteiger partial charge in [0.25, 0.3) is 5.91 Å². The minimum atomic E-state index is -3.00. The molecule has 1 heterocycles. The summed E-state index contributed by atoms with van der Waals surface area (Å²) < 4.78 is 22.9. The van der Waals surface area contributed by atoms with Crippen LogP contribution in [-0.4, -0.2) is 50.4 Å². The van der Waals surface area contributed by atoms with Crippen molar-refractivity contribution in [2.24, 2.45) is 5.73 Å². The highest BCUT2D eigenvalue weighted by Gasteiger charge is 2.26. The Hall–Kier alpha value is -1.84. The normalized spacial score (nSPS) is 17.0. The van der Waals surface area contributed by atoms with Crippen molar-refractivity contribution in [1.29, 1.82) is 0 Å². The van der Waals surface area contributed by atoms with Crippen LogP contribution in [0.15, 0.2) is 18.2 Å². The van der Waals surface area contributed by atoms with E-state index in [1.54, 1.807) is 11.0 Å². The van der Waals surface area contributed by atoms with Gasteiger partial charge in [0, 0.05) is 18.7 Å². The van der Waals surface area contributed by atoms with Gasteiger partial charge in [0.1, 0.15) is 0 Å². The van der Waals surface area contributed by atoms with E-state index < -0.39 is 9.84 Å². The lowest BCUT2D eigenvalue weighted by atomic mass is 10.0. The minimum Gasteiger partial charge on any atom is -0.337 e. The van der Waals surface area contributed by atoms with Crippen LogP contribution in [0.4, 0.5) is 0 Å². The molecule has 21 heavy (non-hydrogen) atoms. The first-order chi connectivity index (χ1) is 9.93. The molecule has 0 spiro atoms. The lowest BCUT2D eigenvalue weighted by Crippen LogP contribution is -2.43. The van der Waals surface area contributed by atoms with E-state index in [2.05, 4.69) is 11.8 Å². The maximum Gasteiger partial charge on any atom is 0.255 e. The summed E-state index contributed by atoms with van der Waals surface area (Å²) in [5, 5.41) is 0. The van der Waals surface area contributed by atoms with E-state index in [-0.39, 0.29) is 37.0 Å². The van der Waals surface area contributed by atoms with E-state index in [0.717, 1.165) is 5.56 Å². The number of rotatable bonds is 1. The molecule has 1 aliphatic rings. The Morgan fingerprint density at radius 2 is 2.00 bits per heavy atom. The molecule has 1 aromatic rings. The van der Waals surface area contributed by atoms with Crippen LogP contribution in [0.1, 0.15) is 21.5 Å². The molecule has 6 heteroatoms. The number of carbonyl (C=O) groups is 1. The quantitative estimate of drug-likeness (QED) is 0.750. The van der Waals surface area contributed by atoms with Gasteiger partial charge in [0.05, 0.1) is 23.6 Å². The van der Waals surface area contributed by atoms with Gasteiger partial charge in [-0.05, 0) is 24.6 Å². The van der Waals surface area contributed by atoms with Crippen molar-refractivity contribution in [2.75, 3.05) is 31.1 Å². The molecule has 1 amide bonds. The molecule has 0 unspecified atom stereocenters. The highest BCUT2D eigenvalue weighted by Crippen LogP contribution is 2.15. The number of sulfone groups is 1. The zero-order valence-electron chi connectivity index (χ0n) is 11.9. The Balaban J connectivity index is 2.27. The average molecular weight is 306 g/mol. The molecule has 0 radical (unpaired) electrons. The average Bonchev–Trinajstić information content (AvgIpc) is 2.44. The number of amides is 1. The van der Waals surface area contributed by atoms with Crippen molar-refractivity contribution in [2.45, 2.75) is 6.92 Å². The summed E-state index contributed by atoms with van der Waals surface area (Å²) in [7, 11) is -3.00. The number of hydrogen-bond acceptors (Lipinski definition) is 4. The lowest BCUT2D eigenvalue weighted by molar-refractivity contribution is 0.0770. The van der Waals surface area contributed by atoms with Gasteiger partial charge in [-0.2, -0.15) is 0 Å². The Bertz CT molecular complexity index is 700. The van der Waals surface area contributed by atoms with Crippen LogP contribution in [0, 0.1) is 18.8 Å². The van der Waals surface area contributed by atoms with Crippen LogP contribution in [0.2, 0.25) is 0 Å². The molecule has 1 saturated heterocycles. The number of nitrogens with two attached hydrogens (primary N) is 1. The van der Waals surface area contributed by atoms with Crippen LogP contribution < -0.4 is 5.73 Å². The highest BCUT2D eigenvalue weighted by atomic mass is 32.2. The summed E-state index contributed by atoms with van der Waals surface area (Å²) in [6.07, 6.45) is 0. The molecule has 0 atom stereocenters. The summed E-state index contributed by atoms with van der Waals surface area (Å²) in [4.78, 5) is 14.1. The summed E-state index contributed by atoms with van der Waals surface area (Å²) in [6.45, 7) is 2.62. The lowest BCUT2D eigenvalue weighted by Gasteiger charge is -2.27. The second kappa shape index (κ2) is 6.29. The van der Waals surface area contributed by atoms with Gasteiger partial charge in [0.2, 0.25) is 0 Å². The van der Waals surface area contributed by atoms with Gasteiger partial charge >= 0.3 is 0 Å². The summed E-state index contributed by atoms with van der Waals surface area (Å²) in [5.74, 6) is 5.53. The second-order valence-corrected chi connectivity index (χ2v) is 7.30. The van der Waals surface area contributed by atoms with Crippen LogP contribution in [0.5, 0.6) is 0 Å². The first kappa shape index (κ1) is 15.5. The van der Waals surface area contributed by atoms with Crippen molar-refractivity contribution in [1.82, 2.24) is 4.90 Å². The zero-order chi connectivity index (χ0) is 15.5. The Morgan fingerprint density at radius 1 is 1.33 bits per heavy atom. The van der Waals surface area contributed by atoms with Gasteiger partial charge < -0.3 is 10.6 Å². The maximum absolute atomic E-state index is 12.5. The first-order valence-electron chi connectivity index (χ1n) is 6.72. The van der Waals surface area contributed by atoms with Gasteiger partial charge in [0.15, 0.2) is 9.84 Å². The molecule has 2 rings (SSSR count). The molecular weight excluding hydrogens is 288 g/mol. The third-order valence-corrected chi connectivity index (χ3v) is 4.97. The first-order valence-corrected chi connectivity index (χ1v) is 8.54. The highest BCUT2D eigenvalue weighted by molar-refractivity contribution is 7.91.